The molecule has 1 aromatic carbocycles. The van der Waals surface area contributed by atoms with Crippen LogP contribution in [0.3, 0.4) is 0 Å². The molecule has 0 fully saturated rings. The number of rotatable bonds is 8. The van der Waals surface area contributed by atoms with Crippen LogP contribution in [0.5, 0.6) is 17.2 Å². The third-order valence-corrected chi connectivity index (χ3v) is 3.95. The molecule has 0 aliphatic rings. The van der Waals surface area contributed by atoms with Gasteiger partial charge in [0.2, 0.25) is 5.95 Å². The monoisotopic (exact) mass is 369 g/mol. The quantitative estimate of drug-likeness (QED) is 0.692. The lowest BCUT2D eigenvalue weighted by molar-refractivity contribution is 0.409. The van der Waals surface area contributed by atoms with Gasteiger partial charge in [-0.15, -0.1) is 6.42 Å². The first kappa shape index (κ1) is 20.3. The van der Waals surface area contributed by atoms with Crippen LogP contribution in [-0.4, -0.2) is 49.2 Å². The zero-order chi connectivity index (χ0) is 20.0. The molecular weight excluding hydrogens is 342 g/mol. The average Bonchev–Trinajstić information content (AvgIpc) is 2.62. The van der Waals surface area contributed by atoms with Gasteiger partial charge in [0.05, 0.1) is 18.9 Å². The summed E-state index contributed by atoms with van der Waals surface area (Å²) in [6.07, 6.45) is 7.15. The zero-order valence-electron chi connectivity index (χ0n) is 16.5. The molecule has 0 saturated heterocycles. The molecule has 1 heterocycles. The second kappa shape index (κ2) is 9.10. The molecular formula is C20H27N5O2. The molecule has 2 rings (SSSR count). The summed E-state index contributed by atoms with van der Waals surface area (Å²) in [6, 6.07) is 3.67. The maximum absolute atomic E-state index is 6.06. The number of hydrogen-bond donors (Lipinski definition) is 2. The average molecular weight is 369 g/mol. The first-order chi connectivity index (χ1) is 12.8. The Balaban J connectivity index is 2.27. The van der Waals surface area contributed by atoms with Crippen molar-refractivity contribution in [2.75, 3.05) is 45.3 Å². The minimum atomic E-state index is 0.204. The van der Waals surface area contributed by atoms with E-state index in [0.29, 0.717) is 35.3 Å². The van der Waals surface area contributed by atoms with Crippen LogP contribution in [0.1, 0.15) is 30.9 Å². The minimum absolute atomic E-state index is 0.204. The van der Waals surface area contributed by atoms with Gasteiger partial charge in [0.15, 0.2) is 11.6 Å². The van der Waals surface area contributed by atoms with Gasteiger partial charge in [0.1, 0.15) is 11.5 Å². The Morgan fingerprint density at radius 3 is 2.56 bits per heavy atom. The fourth-order valence-corrected chi connectivity index (χ4v) is 2.45. The number of nitrogens with zero attached hydrogens (tertiary/aromatic N) is 3. The van der Waals surface area contributed by atoms with E-state index in [-0.39, 0.29) is 11.7 Å². The number of anilines is 2. The molecule has 1 aromatic heterocycles. The highest BCUT2D eigenvalue weighted by molar-refractivity contribution is 5.57. The van der Waals surface area contributed by atoms with Crippen molar-refractivity contribution in [3.8, 4) is 29.6 Å². The molecule has 0 unspecified atom stereocenters. The molecule has 144 valence electrons. The van der Waals surface area contributed by atoms with Crippen molar-refractivity contribution in [1.29, 1.82) is 0 Å². The van der Waals surface area contributed by atoms with E-state index in [9.17, 15) is 0 Å². The summed E-state index contributed by atoms with van der Waals surface area (Å²) in [4.78, 5) is 10.6. The summed E-state index contributed by atoms with van der Waals surface area (Å²) in [5.41, 5.74) is 7.63. The van der Waals surface area contributed by atoms with Gasteiger partial charge in [-0.1, -0.05) is 19.8 Å². The van der Waals surface area contributed by atoms with Gasteiger partial charge >= 0.3 is 0 Å². The van der Waals surface area contributed by atoms with E-state index in [4.69, 9.17) is 21.6 Å². The molecule has 0 saturated carbocycles. The van der Waals surface area contributed by atoms with E-state index in [0.717, 1.165) is 12.1 Å². The highest BCUT2D eigenvalue weighted by Gasteiger charge is 2.16. The van der Waals surface area contributed by atoms with Crippen LogP contribution >= 0.6 is 0 Å². The molecule has 0 radical (unpaired) electrons. The van der Waals surface area contributed by atoms with Gasteiger partial charge in [-0.3, -0.25) is 0 Å². The van der Waals surface area contributed by atoms with Crippen molar-refractivity contribution < 1.29 is 9.47 Å². The Morgan fingerprint density at radius 1 is 1.26 bits per heavy atom. The van der Waals surface area contributed by atoms with Crippen molar-refractivity contribution in [1.82, 2.24) is 14.9 Å². The summed E-state index contributed by atoms with van der Waals surface area (Å²) in [5, 5.41) is 3.13. The molecule has 0 spiro atoms. The largest absolute Gasteiger partial charge is 0.495 e. The molecule has 0 aliphatic carbocycles. The van der Waals surface area contributed by atoms with Crippen molar-refractivity contribution in [3.05, 3.63) is 29.5 Å². The van der Waals surface area contributed by atoms with Gasteiger partial charge in [-0.05, 0) is 26.1 Å². The molecule has 7 heteroatoms. The number of nitrogen functional groups attached to an aromatic ring is 1. The molecule has 27 heavy (non-hydrogen) atoms. The molecule has 7 nitrogen and oxygen atoms in total. The van der Waals surface area contributed by atoms with Crippen LogP contribution in [0, 0.1) is 12.3 Å². The van der Waals surface area contributed by atoms with Gasteiger partial charge in [-0.25, -0.2) is 4.98 Å². The lowest BCUT2D eigenvalue weighted by Crippen LogP contribution is -2.21. The fraction of sp³-hybridized carbons (Fsp3) is 0.400. The van der Waals surface area contributed by atoms with Crippen LogP contribution in [-0.2, 0) is 0 Å². The minimum Gasteiger partial charge on any atom is -0.495 e. The van der Waals surface area contributed by atoms with Crippen LogP contribution < -0.4 is 20.5 Å². The third-order valence-electron chi connectivity index (χ3n) is 3.95. The number of benzene rings is 1. The SMILES string of the molecule is C#Cc1cc(Oc2cnc(NCCN(C)C)nc2N)c(C(C)C)cc1OC. The summed E-state index contributed by atoms with van der Waals surface area (Å²) in [5.74, 6) is 5.16. The summed E-state index contributed by atoms with van der Waals surface area (Å²) in [7, 11) is 5.59. The second-order valence-electron chi connectivity index (χ2n) is 6.66. The van der Waals surface area contributed by atoms with Gasteiger partial charge in [-0.2, -0.15) is 4.98 Å². The highest BCUT2D eigenvalue weighted by atomic mass is 16.5. The van der Waals surface area contributed by atoms with Crippen molar-refractivity contribution in [2.24, 2.45) is 0 Å². The Morgan fingerprint density at radius 2 is 2.00 bits per heavy atom. The molecule has 0 amide bonds. The lowest BCUT2D eigenvalue weighted by atomic mass is 9.99. The first-order valence-electron chi connectivity index (χ1n) is 8.73. The lowest BCUT2D eigenvalue weighted by Gasteiger charge is -2.17. The normalized spacial score (nSPS) is 10.7. The first-order valence-corrected chi connectivity index (χ1v) is 8.73. The van der Waals surface area contributed by atoms with E-state index >= 15 is 0 Å². The molecule has 0 atom stereocenters. The predicted octanol–water partition coefficient (Wildman–Crippen LogP) is 2.94. The molecule has 0 aliphatic heterocycles. The smallest absolute Gasteiger partial charge is 0.224 e. The standard InChI is InChI=1S/C20H27N5O2/c1-7-14-10-17(15(13(2)3)11-16(14)26-6)27-18-12-23-20(24-19(18)21)22-8-9-25(4)5/h1,10-13H,8-9H2,2-6H3,(H3,21,22,23,24). The van der Waals surface area contributed by atoms with Crippen LogP contribution in [0.25, 0.3) is 0 Å². The van der Waals surface area contributed by atoms with E-state index < -0.39 is 0 Å². The van der Waals surface area contributed by atoms with Gasteiger partial charge < -0.3 is 25.4 Å². The van der Waals surface area contributed by atoms with Crippen LogP contribution in [0.4, 0.5) is 11.8 Å². The van der Waals surface area contributed by atoms with E-state index in [2.05, 4.69) is 40.0 Å². The highest BCUT2D eigenvalue weighted by Crippen LogP contribution is 2.37. The number of terminal acetylenes is 1. The van der Waals surface area contributed by atoms with Crippen LogP contribution in [0.15, 0.2) is 18.3 Å². The molecule has 0 bridgehead atoms. The second-order valence-corrected chi connectivity index (χ2v) is 6.66. The number of hydrogen-bond acceptors (Lipinski definition) is 7. The Labute approximate surface area is 160 Å². The van der Waals surface area contributed by atoms with Crippen LogP contribution in [0.2, 0.25) is 0 Å². The fourth-order valence-electron chi connectivity index (χ4n) is 2.45. The van der Waals surface area contributed by atoms with E-state index in [1.165, 1.54) is 0 Å². The summed E-state index contributed by atoms with van der Waals surface area (Å²) in [6.45, 7) is 5.71. The Hall–Kier alpha value is -2.98. The van der Waals surface area contributed by atoms with Gasteiger partial charge in [0, 0.05) is 24.7 Å². The Bertz CT molecular complexity index is 828. The topological polar surface area (TPSA) is 85.5 Å². The Kier molecular flexibility index (Phi) is 6.85. The maximum atomic E-state index is 6.06. The van der Waals surface area contributed by atoms with Crippen molar-refractivity contribution in [3.63, 3.8) is 0 Å². The number of nitrogens with two attached hydrogens (primary N) is 1. The van der Waals surface area contributed by atoms with Crippen molar-refractivity contribution in [2.45, 2.75) is 19.8 Å². The number of nitrogens with one attached hydrogen (secondary N) is 1. The van der Waals surface area contributed by atoms with Crippen molar-refractivity contribution >= 4 is 11.8 Å². The molecule has 3 N–H and O–H groups in total. The van der Waals surface area contributed by atoms with E-state index in [1.807, 2.05) is 20.2 Å². The maximum Gasteiger partial charge on any atom is 0.224 e. The molecule has 2 aromatic rings. The van der Waals surface area contributed by atoms with Gasteiger partial charge in [0.25, 0.3) is 0 Å². The number of likely N-dealkylation sites (N-methyl/N-ethyl adjacent to an activating group) is 1. The third kappa shape index (κ3) is 5.25. The van der Waals surface area contributed by atoms with E-state index in [1.54, 1.807) is 19.4 Å². The summed E-state index contributed by atoms with van der Waals surface area (Å²) >= 11 is 0. The summed E-state index contributed by atoms with van der Waals surface area (Å²) < 4.78 is 11.4. The number of methoxy groups -OCH3 is 1. The predicted molar refractivity (Wildman–Crippen MR) is 109 cm³/mol. The number of aromatic nitrogens is 2. The number of ether oxygens (including phenoxy) is 2. The zero-order valence-corrected chi connectivity index (χ0v) is 16.5.